The zero-order chi connectivity index (χ0) is 11.0. The number of rotatable bonds is 2. The van der Waals surface area contributed by atoms with Crippen LogP contribution in [0.4, 0.5) is 0 Å². The van der Waals surface area contributed by atoms with Crippen molar-refractivity contribution >= 4 is 41.0 Å². The van der Waals surface area contributed by atoms with Gasteiger partial charge >= 0.3 is 0 Å². The number of halogens is 2. The fourth-order valence-electron chi connectivity index (χ4n) is 1.36. The molecule has 0 bridgehead atoms. The molecule has 1 aromatic carbocycles. The molecule has 1 aliphatic rings. The topological polar surface area (TPSA) is 46.5 Å². The Labute approximate surface area is 95.0 Å². The number of hydrogen-bond acceptors (Lipinski definition) is 2. The zero-order valence-electron chi connectivity index (χ0n) is 7.46. The second-order valence-corrected chi connectivity index (χ2v) is 3.72. The lowest BCUT2D eigenvalue weighted by Gasteiger charge is -1.99. The van der Waals surface area contributed by atoms with Gasteiger partial charge in [0.2, 0.25) is 0 Å². The standard InChI is InChI=1S/C10H5Cl2NO2/c11-4-9(14)6-1-5-2-10(15)13-8(5)3-7(6)12/h1-3H,4H2. The maximum Gasteiger partial charge on any atom is 0.270 e. The van der Waals surface area contributed by atoms with E-state index >= 15 is 0 Å². The summed E-state index contributed by atoms with van der Waals surface area (Å²) in [4.78, 5) is 26.1. The van der Waals surface area contributed by atoms with Gasteiger partial charge in [-0.2, -0.15) is 0 Å². The van der Waals surface area contributed by atoms with Crippen LogP contribution >= 0.6 is 23.2 Å². The lowest BCUT2D eigenvalue weighted by Crippen LogP contribution is -2.23. The van der Waals surface area contributed by atoms with E-state index in [1.807, 2.05) is 0 Å². The SMILES string of the molecule is O=C1C=c2cc(C(=O)CCl)c(Cl)cc2=N1. The molecule has 0 N–H and O–H groups in total. The third-order valence-electron chi connectivity index (χ3n) is 2.05. The molecule has 0 fully saturated rings. The maximum absolute atomic E-state index is 11.4. The second-order valence-electron chi connectivity index (χ2n) is 3.04. The number of benzene rings is 1. The Bertz CT molecular complexity index is 578. The Morgan fingerprint density at radius 2 is 2.13 bits per heavy atom. The summed E-state index contributed by atoms with van der Waals surface area (Å²) >= 11 is 11.3. The molecule has 15 heavy (non-hydrogen) atoms. The summed E-state index contributed by atoms with van der Waals surface area (Å²) in [7, 11) is 0. The van der Waals surface area contributed by atoms with Gasteiger partial charge in [-0.05, 0) is 12.1 Å². The minimum atomic E-state index is -0.337. The second kappa shape index (κ2) is 3.76. The van der Waals surface area contributed by atoms with Gasteiger partial charge in [0.05, 0.1) is 16.3 Å². The van der Waals surface area contributed by atoms with Gasteiger partial charge in [-0.3, -0.25) is 9.59 Å². The molecule has 0 aliphatic carbocycles. The lowest BCUT2D eigenvalue weighted by molar-refractivity contribution is -0.112. The van der Waals surface area contributed by atoms with Crippen LogP contribution in [0.2, 0.25) is 5.02 Å². The molecule has 1 heterocycles. The van der Waals surface area contributed by atoms with Crippen molar-refractivity contribution in [3.8, 4) is 0 Å². The molecule has 1 aromatic rings. The predicted molar refractivity (Wildman–Crippen MR) is 56.8 cm³/mol. The normalized spacial score (nSPS) is 13.1. The fourth-order valence-corrected chi connectivity index (χ4v) is 1.77. The third-order valence-corrected chi connectivity index (χ3v) is 2.60. The summed E-state index contributed by atoms with van der Waals surface area (Å²) in [5.41, 5.74) is 0.326. The van der Waals surface area contributed by atoms with E-state index in [0.717, 1.165) is 0 Å². The average Bonchev–Trinajstić information content (AvgIpc) is 2.55. The van der Waals surface area contributed by atoms with Gasteiger partial charge in [-0.1, -0.05) is 11.6 Å². The highest BCUT2D eigenvalue weighted by Gasteiger charge is 2.12. The Kier molecular flexibility index (Phi) is 2.59. The zero-order valence-corrected chi connectivity index (χ0v) is 8.97. The highest BCUT2D eigenvalue weighted by molar-refractivity contribution is 6.37. The Hall–Kier alpha value is -1.19. The molecule has 0 aromatic heterocycles. The van der Waals surface area contributed by atoms with E-state index in [4.69, 9.17) is 23.2 Å². The van der Waals surface area contributed by atoms with Crippen molar-refractivity contribution in [2.24, 2.45) is 4.99 Å². The van der Waals surface area contributed by atoms with Crippen molar-refractivity contribution in [2.75, 3.05) is 5.88 Å². The molecule has 0 spiro atoms. The lowest BCUT2D eigenvalue weighted by atomic mass is 10.1. The monoisotopic (exact) mass is 241 g/mol. The minimum absolute atomic E-state index is 0.135. The predicted octanol–water partition coefficient (Wildman–Crippen LogP) is 0.702. The van der Waals surface area contributed by atoms with Crippen LogP contribution in [0.1, 0.15) is 10.4 Å². The molecule has 0 saturated heterocycles. The van der Waals surface area contributed by atoms with Crippen molar-refractivity contribution in [2.45, 2.75) is 0 Å². The van der Waals surface area contributed by atoms with Gasteiger partial charge in [0.25, 0.3) is 5.91 Å². The van der Waals surface area contributed by atoms with E-state index < -0.39 is 0 Å². The van der Waals surface area contributed by atoms with Crippen LogP contribution in [0, 0.1) is 0 Å². The summed E-state index contributed by atoms with van der Waals surface area (Å²) in [6.45, 7) is 0. The average molecular weight is 242 g/mol. The van der Waals surface area contributed by atoms with E-state index in [1.165, 1.54) is 18.2 Å². The van der Waals surface area contributed by atoms with Crippen molar-refractivity contribution in [1.82, 2.24) is 0 Å². The summed E-state index contributed by atoms with van der Waals surface area (Å²) in [6.07, 6.45) is 1.36. The third kappa shape index (κ3) is 1.80. The Morgan fingerprint density at radius 3 is 2.80 bits per heavy atom. The molecule has 5 heteroatoms. The van der Waals surface area contributed by atoms with Gasteiger partial charge < -0.3 is 0 Å². The summed E-state index contributed by atoms with van der Waals surface area (Å²) in [5, 5.41) is 1.38. The van der Waals surface area contributed by atoms with E-state index in [0.29, 0.717) is 16.1 Å². The van der Waals surface area contributed by atoms with Crippen molar-refractivity contribution in [3.05, 3.63) is 33.3 Å². The molecule has 1 amide bonds. The first-order chi connectivity index (χ1) is 7.11. The number of carbonyl (C=O) groups is 2. The number of amides is 1. The van der Waals surface area contributed by atoms with E-state index in [2.05, 4.69) is 4.99 Å². The molecule has 0 saturated carbocycles. The quantitative estimate of drug-likeness (QED) is 0.566. The first-order valence-electron chi connectivity index (χ1n) is 4.15. The molecule has 0 radical (unpaired) electrons. The molecular formula is C10H5Cl2NO2. The minimum Gasteiger partial charge on any atom is -0.293 e. The van der Waals surface area contributed by atoms with Gasteiger partial charge in [-0.15, -0.1) is 11.6 Å². The molecule has 2 rings (SSSR count). The number of fused-ring (bicyclic) bond motifs is 1. The van der Waals surface area contributed by atoms with Crippen molar-refractivity contribution in [1.29, 1.82) is 0 Å². The van der Waals surface area contributed by atoms with E-state index in [9.17, 15) is 9.59 Å². The van der Waals surface area contributed by atoms with Crippen LogP contribution in [-0.4, -0.2) is 17.6 Å². The Balaban J connectivity index is 2.70. The largest absolute Gasteiger partial charge is 0.293 e. The van der Waals surface area contributed by atoms with Crippen LogP contribution in [-0.2, 0) is 4.79 Å². The highest BCUT2D eigenvalue weighted by Crippen LogP contribution is 2.13. The summed E-state index contributed by atoms with van der Waals surface area (Å²) in [6, 6.07) is 3.04. The van der Waals surface area contributed by atoms with E-state index in [-0.39, 0.29) is 22.6 Å². The first kappa shape index (κ1) is 10.3. The van der Waals surface area contributed by atoms with Gasteiger partial charge in [-0.25, -0.2) is 4.99 Å². The van der Waals surface area contributed by atoms with Crippen LogP contribution in [0.5, 0.6) is 0 Å². The van der Waals surface area contributed by atoms with Crippen molar-refractivity contribution in [3.63, 3.8) is 0 Å². The summed E-state index contributed by atoms with van der Waals surface area (Å²) < 4.78 is 0. The van der Waals surface area contributed by atoms with Crippen LogP contribution in [0.25, 0.3) is 6.08 Å². The van der Waals surface area contributed by atoms with Gasteiger partial charge in [0.15, 0.2) is 5.78 Å². The first-order valence-corrected chi connectivity index (χ1v) is 5.06. The van der Waals surface area contributed by atoms with Gasteiger partial charge in [0.1, 0.15) is 0 Å². The Morgan fingerprint density at radius 1 is 1.40 bits per heavy atom. The van der Waals surface area contributed by atoms with Crippen LogP contribution in [0.3, 0.4) is 0 Å². The molecule has 1 aliphatic heterocycles. The molecule has 0 unspecified atom stereocenters. The molecule has 0 atom stereocenters. The smallest absolute Gasteiger partial charge is 0.270 e. The highest BCUT2D eigenvalue weighted by atomic mass is 35.5. The molecule has 76 valence electrons. The van der Waals surface area contributed by atoms with Crippen LogP contribution < -0.4 is 10.6 Å². The molecule has 3 nitrogen and oxygen atoms in total. The summed E-state index contributed by atoms with van der Waals surface area (Å²) in [5.74, 6) is -0.738. The van der Waals surface area contributed by atoms with Crippen LogP contribution in [0.15, 0.2) is 17.1 Å². The number of carbonyl (C=O) groups excluding carboxylic acids is 2. The number of nitrogens with zero attached hydrogens (tertiary/aromatic N) is 1. The fraction of sp³-hybridized carbons (Fsp3) is 0.100. The number of alkyl halides is 1. The molecular weight excluding hydrogens is 237 g/mol. The van der Waals surface area contributed by atoms with Gasteiger partial charge in [0, 0.05) is 16.9 Å². The number of ketones is 1. The van der Waals surface area contributed by atoms with Crippen molar-refractivity contribution < 1.29 is 9.59 Å². The number of hydrogen-bond donors (Lipinski definition) is 0. The number of Topliss-reactive ketones (excluding diaryl/α,β-unsaturated/α-hetero) is 1. The van der Waals surface area contributed by atoms with E-state index in [1.54, 1.807) is 0 Å². The maximum atomic E-state index is 11.4.